The van der Waals surface area contributed by atoms with Crippen LogP contribution in [0.4, 0.5) is 0 Å². The van der Waals surface area contributed by atoms with E-state index in [1.807, 2.05) is 0 Å². The van der Waals surface area contributed by atoms with E-state index in [0.29, 0.717) is 22.3 Å². The maximum Gasteiger partial charge on any atom is 0.197 e. The molecule has 8 aromatic rings. The molecule has 0 radical (unpaired) electrons. The van der Waals surface area contributed by atoms with Crippen LogP contribution in [0.2, 0.25) is 0 Å². The molecule has 0 unspecified atom stereocenters. The van der Waals surface area contributed by atoms with Crippen LogP contribution in [0.15, 0.2) is 71.8 Å². The van der Waals surface area contributed by atoms with E-state index in [1.165, 1.54) is 29.8 Å². The quantitative estimate of drug-likeness (QED) is 0.136. The third-order valence-electron chi connectivity index (χ3n) is 9.13. The summed E-state index contributed by atoms with van der Waals surface area (Å²) in [6, 6.07) is 18.2. The minimum Gasteiger partial charge on any atom is -0.341 e. The minimum absolute atomic E-state index is 0.211. The van der Waals surface area contributed by atoms with Gasteiger partial charge in [0, 0.05) is 46.1 Å². The molecule has 2 aliphatic carbocycles. The monoisotopic (exact) mass is 670 g/mol. The Bertz CT molecular complexity index is 2590. The number of carbonyl (C=O) groups is 4. The van der Waals surface area contributed by atoms with Crippen molar-refractivity contribution in [2.45, 2.75) is 0 Å². The van der Waals surface area contributed by atoms with E-state index in [0.717, 1.165) is 30.2 Å². The number of ketones is 4. The van der Waals surface area contributed by atoms with Crippen molar-refractivity contribution in [3.05, 3.63) is 104 Å². The van der Waals surface area contributed by atoms with E-state index in [-0.39, 0.29) is 34.3 Å². The van der Waals surface area contributed by atoms with Gasteiger partial charge in [-0.05, 0) is 24.3 Å². The summed E-state index contributed by atoms with van der Waals surface area (Å²) in [5.74, 6) is -0.845. The first-order chi connectivity index (χ1) is 22.3. The van der Waals surface area contributed by atoms with Crippen LogP contribution in [0.3, 0.4) is 0 Å². The molecular weight excluding hydrogens is 653 g/mol. The second-order valence-electron chi connectivity index (χ2n) is 11.6. The van der Waals surface area contributed by atoms with Gasteiger partial charge in [-0.2, -0.15) is 0 Å². The SMILES string of the molecule is Cn1c2cc(C=C3C(=O)c4ccccc4C3=O)sc2c2sc3c(sc4c5sc(C=C6C(=O)c7ccccc7C6=O)cc5n(C)c43)c21. The van der Waals surface area contributed by atoms with Gasteiger partial charge in [0.2, 0.25) is 0 Å². The van der Waals surface area contributed by atoms with Gasteiger partial charge in [-0.1, -0.05) is 48.5 Å². The highest BCUT2D eigenvalue weighted by Crippen LogP contribution is 2.52. The Hall–Kier alpha value is -4.74. The van der Waals surface area contributed by atoms with Gasteiger partial charge >= 0.3 is 0 Å². The summed E-state index contributed by atoms with van der Waals surface area (Å²) in [7, 11) is 4.15. The van der Waals surface area contributed by atoms with Crippen molar-refractivity contribution < 1.29 is 19.2 Å². The number of thiophene rings is 4. The van der Waals surface area contributed by atoms with Gasteiger partial charge in [0.05, 0.1) is 61.4 Å². The van der Waals surface area contributed by atoms with Crippen molar-refractivity contribution >= 4 is 131 Å². The number of aromatic nitrogens is 2. The fourth-order valence-electron chi connectivity index (χ4n) is 6.93. The maximum absolute atomic E-state index is 13.0. The smallest absolute Gasteiger partial charge is 0.197 e. The van der Waals surface area contributed by atoms with Gasteiger partial charge in [0.15, 0.2) is 23.1 Å². The molecule has 0 N–H and O–H groups in total. The number of hydrogen-bond acceptors (Lipinski definition) is 8. The Morgan fingerprint density at radius 3 is 1.15 bits per heavy atom. The number of Topliss-reactive ketones (excluding diaryl/α,β-unsaturated/α-hetero) is 4. The van der Waals surface area contributed by atoms with Crippen LogP contribution >= 0.6 is 45.3 Å². The van der Waals surface area contributed by atoms with Crippen LogP contribution < -0.4 is 0 Å². The molecule has 0 fully saturated rings. The summed E-state index contributed by atoms with van der Waals surface area (Å²) >= 11 is 6.78. The summed E-state index contributed by atoms with van der Waals surface area (Å²) in [4.78, 5) is 53.8. The molecule has 10 rings (SSSR count). The summed E-state index contributed by atoms with van der Waals surface area (Å²) in [6.45, 7) is 0. The van der Waals surface area contributed by atoms with Gasteiger partial charge in [-0.25, -0.2) is 0 Å². The van der Waals surface area contributed by atoms with Crippen molar-refractivity contribution in [3.8, 4) is 0 Å². The summed E-state index contributed by atoms with van der Waals surface area (Å²) < 4.78 is 11.6. The van der Waals surface area contributed by atoms with Crippen LogP contribution in [0.5, 0.6) is 0 Å². The van der Waals surface area contributed by atoms with Crippen molar-refractivity contribution in [1.82, 2.24) is 9.13 Å². The van der Waals surface area contributed by atoms with Crippen LogP contribution in [-0.4, -0.2) is 32.3 Å². The predicted octanol–water partition coefficient (Wildman–Crippen LogP) is 9.30. The molecule has 6 nitrogen and oxygen atoms in total. The number of nitrogens with zero attached hydrogens (tertiary/aromatic N) is 2. The molecule has 0 aliphatic heterocycles. The molecular formula is C36H18N2O4S4. The topological polar surface area (TPSA) is 78.1 Å². The Morgan fingerprint density at radius 1 is 0.478 bits per heavy atom. The zero-order chi connectivity index (χ0) is 31.2. The number of allylic oxidation sites excluding steroid dienone is 2. The molecule has 0 spiro atoms. The Kier molecular flexibility index (Phi) is 5.15. The summed E-state index contributed by atoms with van der Waals surface area (Å²) in [5, 5.41) is 0. The second kappa shape index (κ2) is 8.95. The Balaban J connectivity index is 1.08. The van der Waals surface area contributed by atoms with Crippen LogP contribution in [-0.2, 0) is 14.1 Å². The Labute approximate surface area is 275 Å². The average Bonchev–Trinajstić information content (AvgIpc) is 3.92. The van der Waals surface area contributed by atoms with E-state index in [1.54, 1.807) is 106 Å². The van der Waals surface area contributed by atoms with E-state index in [9.17, 15) is 19.2 Å². The van der Waals surface area contributed by atoms with Gasteiger partial charge in [0.25, 0.3) is 0 Å². The van der Waals surface area contributed by atoms with Gasteiger partial charge < -0.3 is 9.13 Å². The number of hydrogen-bond donors (Lipinski definition) is 0. The largest absolute Gasteiger partial charge is 0.341 e. The lowest BCUT2D eigenvalue weighted by Gasteiger charge is -1.95. The molecule has 0 amide bonds. The highest BCUT2D eigenvalue weighted by molar-refractivity contribution is 7.40. The number of aryl methyl sites for hydroxylation is 2. The third-order valence-corrected chi connectivity index (χ3v) is 14.1. The van der Waals surface area contributed by atoms with E-state index in [4.69, 9.17) is 0 Å². The molecule has 0 atom stereocenters. The van der Waals surface area contributed by atoms with E-state index in [2.05, 4.69) is 35.4 Å². The zero-order valence-electron chi connectivity index (χ0n) is 24.1. The van der Waals surface area contributed by atoms with Crippen molar-refractivity contribution in [2.75, 3.05) is 0 Å². The van der Waals surface area contributed by atoms with Crippen LogP contribution in [0.1, 0.15) is 51.2 Å². The lowest BCUT2D eigenvalue weighted by Crippen LogP contribution is -1.99. The lowest BCUT2D eigenvalue weighted by atomic mass is 10.1. The fourth-order valence-corrected chi connectivity index (χ4v) is 12.5. The third kappa shape index (κ3) is 3.24. The lowest BCUT2D eigenvalue weighted by molar-refractivity contribution is 0.0975. The molecule has 6 aromatic heterocycles. The second-order valence-corrected chi connectivity index (χ2v) is 15.8. The highest BCUT2D eigenvalue weighted by atomic mass is 32.1. The molecule has 0 bridgehead atoms. The molecule has 46 heavy (non-hydrogen) atoms. The predicted molar refractivity (Wildman–Crippen MR) is 190 cm³/mol. The van der Waals surface area contributed by atoms with Crippen LogP contribution in [0.25, 0.3) is 62.4 Å². The van der Waals surface area contributed by atoms with Crippen molar-refractivity contribution in [3.63, 3.8) is 0 Å². The van der Waals surface area contributed by atoms with Gasteiger partial charge in [0.1, 0.15) is 0 Å². The summed E-state index contributed by atoms with van der Waals surface area (Å²) in [6.07, 6.45) is 3.50. The zero-order valence-corrected chi connectivity index (χ0v) is 27.4. The molecule has 2 aromatic carbocycles. The first kappa shape index (κ1) is 26.5. The molecule has 6 heterocycles. The number of carbonyl (C=O) groups excluding carboxylic acids is 4. The molecule has 0 saturated heterocycles. The molecule has 220 valence electrons. The average molecular weight is 671 g/mol. The van der Waals surface area contributed by atoms with Gasteiger partial charge in [-0.3, -0.25) is 19.2 Å². The van der Waals surface area contributed by atoms with E-state index < -0.39 is 0 Å². The molecule has 0 saturated carbocycles. The van der Waals surface area contributed by atoms with Crippen molar-refractivity contribution in [1.29, 1.82) is 0 Å². The fraction of sp³-hybridized carbons (Fsp3) is 0.0556. The number of benzene rings is 2. The van der Waals surface area contributed by atoms with Crippen molar-refractivity contribution in [2.24, 2.45) is 14.1 Å². The van der Waals surface area contributed by atoms with Gasteiger partial charge in [-0.15, -0.1) is 45.3 Å². The first-order valence-corrected chi connectivity index (χ1v) is 17.7. The first-order valence-electron chi connectivity index (χ1n) is 14.5. The molecule has 2 aliphatic rings. The molecule has 10 heteroatoms. The van der Waals surface area contributed by atoms with E-state index >= 15 is 0 Å². The normalized spacial score (nSPS) is 14.8. The highest BCUT2D eigenvalue weighted by Gasteiger charge is 2.34. The standard InChI is InChI=1S/C36H18N2O4S4/c1-37-23-13-15(11-21-27(39)17-7-3-4-8-18(17)28(21)40)43-31(23)33-25(37)35-36(45-33)26-34(46-35)32-24(38(26)2)14-16(44-32)12-22-29(41)19-9-5-6-10-20(19)30(22)42/h3-14H,1-2H3. The number of rotatable bonds is 2. The number of fused-ring (bicyclic) bond motifs is 11. The van der Waals surface area contributed by atoms with Crippen LogP contribution in [0, 0.1) is 0 Å². The summed E-state index contributed by atoms with van der Waals surface area (Å²) in [5.41, 5.74) is 6.88. The minimum atomic E-state index is -0.211. The maximum atomic E-state index is 13.0. The Morgan fingerprint density at radius 2 is 0.804 bits per heavy atom.